The molecule has 1 fully saturated rings. The number of amidine groups is 1. The van der Waals surface area contributed by atoms with Gasteiger partial charge in [-0.2, -0.15) is 0 Å². The number of hydrogen-bond donors (Lipinski definition) is 1. The number of halogens is 2. The standard InChI is InChI=1S/C14H18BrClN4S/c15-13-17-14(21-18-13)20-9-7-19(8-10-20)6-5-11-1-3-12(16)4-2-11/h1-4,14H,5-10H2,(H,17,18). The Morgan fingerprint density at radius 1 is 1.24 bits per heavy atom. The predicted octanol–water partition coefficient (Wildman–Crippen LogP) is 2.79. The highest BCUT2D eigenvalue weighted by atomic mass is 79.9. The van der Waals surface area contributed by atoms with Crippen LogP contribution in [0.5, 0.6) is 0 Å². The fourth-order valence-corrected chi connectivity index (χ4v) is 4.06. The number of benzene rings is 1. The van der Waals surface area contributed by atoms with Crippen molar-refractivity contribution < 1.29 is 0 Å². The molecule has 1 atom stereocenters. The van der Waals surface area contributed by atoms with Crippen molar-refractivity contribution in [3.8, 4) is 0 Å². The average Bonchev–Trinajstić information content (AvgIpc) is 2.94. The van der Waals surface area contributed by atoms with Crippen molar-refractivity contribution in [1.82, 2.24) is 14.5 Å². The van der Waals surface area contributed by atoms with Crippen LogP contribution >= 0.6 is 39.5 Å². The zero-order valence-corrected chi connectivity index (χ0v) is 14.8. The van der Waals surface area contributed by atoms with E-state index in [0.717, 1.165) is 48.9 Å². The maximum absolute atomic E-state index is 5.91. The molecule has 0 radical (unpaired) electrons. The zero-order valence-electron chi connectivity index (χ0n) is 11.6. The van der Waals surface area contributed by atoms with Crippen LogP contribution in [-0.2, 0) is 6.42 Å². The second-order valence-electron chi connectivity index (χ2n) is 5.22. The van der Waals surface area contributed by atoms with Crippen LogP contribution in [0.2, 0.25) is 5.02 Å². The molecule has 0 bridgehead atoms. The summed E-state index contributed by atoms with van der Waals surface area (Å²) < 4.78 is 4.00. The van der Waals surface area contributed by atoms with Gasteiger partial charge in [-0.3, -0.25) is 4.90 Å². The molecule has 2 aliphatic rings. The SMILES string of the molecule is Clc1ccc(CCN2CCN(C3N=C(Br)NS3)CC2)cc1. The summed E-state index contributed by atoms with van der Waals surface area (Å²) in [5.41, 5.74) is 1.57. The Bertz CT molecular complexity index is 502. The Morgan fingerprint density at radius 3 is 2.57 bits per heavy atom. The molecule has 1 aromatic rings. The summed E-state index contributed by atoms with van der Waals surface area (Å²) in [6.07, 6.45) is 1.08. The van der Waals surface area contributed by atoms with Crippen LogP contribution in [0.15, 0.2) is 29.3 Å². The van der Waals surface area contributed by atoms with Crippen molar-refractivity contribution in [1.29, 1.82) is 0 Å². The van der Waals surface area contributed by atoms with E-state index >= 15 is 0 Å². The summed E-state index contributed by atoms with van der Waals surface area (Å²) in [5, 5.41) is 0.807. The molecule has 4 nitrogen and oxygen atoms in total. The first kappa shape index (κ1) is 15.6. The van der Waals surface area contributed by atoms with E-state index in [0.29, 0.717) is 0 Å². The second-order valence-corrected chi connectivity index (χ2v) is 7.27. The van der Waals surface area contributed by atoms with Crippen molar-refractivity contribution in [2.75, 3.05) is 32.7 Å². The van der Waals surface area contributed by atoms with E-state index in [9.17, 15) is 0 Å². The van der Waals surface area contributed by atoms with Gasteiger partial charge in [0, 0.05) is 37.7 Å². The average molecular weight is 390 g/mol. The topological polar surface area (TPSA) is 30.9 Å². The summed E-state index contributed by atoms with van der Waals surface area (Å²) in [6.45, 7) is 5.47. The molecule has 1 N–H and O–H groups in total. The van der Waals surface area contributed by atoms with Crippen LogP contribution in [-0.4, -0.2) is 52.8 Å². The van der Waals surface area contributed by atoms with E-state index in [4.69, 9.17) is 11.6 Å². The highest BCUT2D eigenvalue weighted by Crippen LogP contribution is 2.22. The van der Waals surface area contributed by atoms with Gasteiger partial charge in [-0.15, -0.1) is 0 Å². The minimum absolute atomic E-state index is 0.220. The predicted molar refractivity (Wildman–Crippen MR) is 94.0 cm³/mol. The molecule has 21 heavy (non-hydrogen) atoms. The van der Waals surface area contributed by atoms with Gasteiger partial charge in [-0.1, -0.05) is 23.7 Å². The van der Waals surface area contributed by atoms with Crippen LogP contribution < -0.4 is 4.72 Å². The van der Waals surface area contributed by atoms with Gasteiger partial charge in [-0.05, 0) is 52.0 Å². The van der Waals surface area contributed by atoms with Crippen LogP contribution in [0.3, 0.4) is 0 Å². The fourth-order valence-electron chi connectivity index (χ4n) is 2.55. The maximum atomic E-state index is 5.91. The molecule has 0 amide bonds. The molecule has 3 rings (SSSR count). The van der Waals surface area contributed by atoms with Gasteiger partial charge < -0.3 is 9.62 Å². The lowest BCUT2D eigenvalue weighted by atomic mass is 10.1. The van der Waals surface area contributed by atoms with Crippen LogP contribution in [0.1, 0.15) is 5.56 Å². The molecule has 2 aliphatic heterocycles. The smallest absolute Gasteiger partial charge is 0.178 e. The molecule has 0 aromatic heterocycles. The molecule has 1 aromatic carbocycles. The van der Waals surface area contributed by atoms with E-state index < -0.39 is 0 Å². The number of rotatable bonds is 4. The third-order valence-corrected chi connectivity index (χ3v) is 5.66. The molecule has 0 saturated carbocycles. The van der Waals surface area contributed by atoms with E-state index in [1.807, 2.05) is 12.1 Å². The maximum Gasteiger partial charge on any atom is 0.178 e. The van der Waals surface area contributed by atoms with Crippen molar-refractivity contribution in [3.63, 3.8) is 0 Å². The number of nitrogens with one attached hydrogen (secondary N) is 1. The van der Waals surface area contributed by atoms with Crippen LogP contribution in [0.4, 0.5) is 0 Å². The number of hydrogen-bond acceptors (Lipinski definition) is 5. The normalized spacial score (nSPS) is 23.9. The number of nitrogens with zero attached hydrogens (tertiary/aromatic N) is 3. The minimum atomic E-state index is 0.220. The Morgan fingerprint density at radius 2 is 1.95 bits per heavy atom. The van der Waals surface area contributed by atoms with E-state index in [2.05, 4.69) is 47.6 Å². The summed E-state index contributed by atoms with van der Waals surface area (Å²) in [6, 6.07) is 8.17. The lowest BCUT2D eigenvalue weighted by Crippen LogP contribution is -2.49. The van der Waals surface area contributed by atoms with E-state index in [-0.39, 0.29) is 5.50 Å². The fraction of sp³-hybridized carbons (Fsp3) is 0.500. The van der Waals surface area contributed by atoms with E-state index in [1.165, 1.54) is 5.56 Å². The van der Waals surface area contributed by atoms with Gasteiger partial charge in [0.15, 0.2) is 10.2 Å². The first-order valence-electron chi connectivity index (χ1n) is 7.06. The van der Waals surface area contributed by atoms with E-state index in [1.54, 1.807) is 11.9 Å². The zero-order chi connectivity index (χ0) is 14.7. The Labute approximate surface area is 143 Å². The summed E-state index contributed by atoms with van der Waals surface area (Å²) in [5.74, 6) is 0. The third-order valence-electron chi connectivity index (χ3n) is 3.82. The monoisotopic (exact) mass is 388 g/mol. The van der Waals surface area contributed by atoms with Gasteiger partial charge in [0.2, 0.25) is 0 Å². The van der Waals surface area contributed by atoms with Crippen molar-refractivity contribution in [2.45, 2.75) is 11.9 Å². The third kappa shape index (κ3) is 4.36. The van der Waals surface area contributed by atoms with Gasteiger partial charge in [0.1, 0.15) is 0 Å². The minimum Gasteiger partial charge on any atom is -0.306 e. The highest BCUT2D eigenvalue weighted by Gasteiger charge is 2.27. The Hall–Kier alpha value is -0.270. The van der Waals surface area contributed by atoms with Crippen molar-refractivity contribution >= 4 is 44.2 Å². The Balaban J connectivity index is 1.42. The van der Waals surface area contributed by atoms with Crippen molar-refractivity contribution in [2.24, 2.45) is 4.99 Å². The summed E-state index contributed by atoms with van der Waals surface area (Å²) in [4.78, 5) is 9.47. The Kier molecular flexibility index (Phi) is 5.45. The first-order valence-corrected chi connectivity index (χ1v) is 9.11. The van der Waals surface area contributed by atoms with Crippen molar-refractivity contribution in [3.05, 3.63) is 34.9 Å². The number of aliphatic imine (C=N–C) groups is 1. The lowest BCUT2D eigenvalue weighted by Gasteiger charge is -2.36. The molecular formula is C14H18BrClN4S. The molecule has 0 aliphatic carbocycles. The molecule has 1 unspecified atom stereocenters. The largest absolute Gasteiger partial charge is 0.306 e. The lowest BCUT2D eigenvalue weighted by molar-refractivity contribution is 0.127. The van der Waals surface area contributed by atoms with Gasteiger partial charge in [0.25, 0.3) is 0 Å². The van der Waals surface area contributed by atoms with Gasteiger partial charge in [-0.25, -0.2) is 4.99 Å². The van der Waals surface area contributed by atoms with Gasteiger partial charge >= 0.3 is 0 Å². The molecule has 1 saturated heterocycles. The quantitative estimate of drug-likeness (QED) is 0.634. The van der Waals surface area contributed by atoms with Crippen LogP contribution in [0.25, 0.3) is 0 Å². The highest BCUT2D eigenvalue weighted by molar-refractivity contribution is 9.18. The van der Waals surface area contributed by atoms with Gasteiger partial charge in [0.05, 0.1) is 0 Å². The molecular weight excluding hydrogens is 372 g/mol. The molecule has 2 heterocycles. The molecule has 0 spiro atoms. The van der Waals surface area contributed by atoms with Crippen LogP contribution in [0, 0.1) is 0 Å². The molecule has 7 heteroatoms. The number of piperazine rings is 1. The second kappa shape index (κ2) is 7.33. The summed E-state index contributed by atoms with van der Waals surface area (Å²) >= 11 is 11.0. The first-order chi connectivity index (χ1) is 10.2. The summed E-state index contributed by atoms with van der Waals surface area (Å²) in [7, 11) is 0. The molecule has 114 valence electrons.